The second-order valence-electron chi connectivity index (χ2n) is 21.4. The number of hydrogen-bond donors (Lipinski definition) is 8. The molecule has 0 radical (unpaired) electrons. The maximum atomic E-state index is 13.6. The molecular formula is C64H81N8O14PS2. The molecule has 22 nitrogen and oxygen atoms in total. The van der Waals surface area contributed by atoms with Crippen molar-refractivity contribution in [1.29, 1.82) is 0 Å². The third kappa shape index (κ3) is 19.8. The van der Waals surface area contributed by atoms with Gasteiger partial charge in [-0.3, -0.25) is 14.1 Å². The molecule has 5 aromatic carbocycles. The van der Waals surface area contributed by atoms with E-state index in [1.165, 1.54) is 32.5 Å². The summed E-state index contributed by atoms with van der Waals surface area (Å²) in [6, 6.07) is 28.5. The minimum atomic E-state index is -4.79. The number of carbonyl (C=O) groups is 4. The van der Waals surface area contributed by atoms with Crippen molar-refractivity contribution in [2.24, 2.45) is 0 Å². The molecular weight excluding hydrogens is 1200 g/mol. The molecule has 0 fully saturated rings. The van der Waals surface area contributed by atoms with E-state index < -0.39 is 38.6 Å². The van der Waals surface area contributed by atoms with Gasteiger partial charge >= 0.3 is 20.0 Å². The minimum Gasteiger partial charge on any atom is -0.497 e. The number of aryl methyl sites for hydroxylation is 2. The number of amides is 4. The SMILES string of the molecule is CCCOCCOCCNC(=O)COCCc1cc(COC(=O)NCCCN(C)CCCNc2nccc3c(C)c4[nH]c5ccc(OC)cc5c4c(C)c23)ccc1SSCC(NC(=O)OCC1c2ccccc2-c2ccccc21)C(=O)NCCOP(=O)(O)O. The number of aromatic nitrogens is 2. The Bertz CT molecular complexity index is 3530. The number of alkyl carbamates (subject to hydrolysis) is 2. The van der Waals surface area contributed by atoms with Crippen molar-refractivity contribution in [3.05, 3.63) is 131 Å². The number of pyridine rings is 1. The summed E-state index contributed by atoms with van der Waals surface area (Å²) in [5, 5.41) is 19.1. The number of nitrogens with zero attached hydrogens (tertiary/aromatic N) is 2. The number of ether oxygens (including phenoxy) is 6. The highest BCUT2D eigenvalue weighted by Gasteiger charge is 2.30. The number of anilines is 1. The molecule has 1 atom stereocenters. The summed E-state index contributed by atoms with van der Waals surface area (Å²) < 4.78 is 49.5. The van der Waals surface area contributed by atoms with E-state index >= 15 is 0 Å². The van der Waals surface area contributed by atoms with Crippen molar-refractivity contribution >= 4 is 91.8 Å². The summed E-state index contributed by atoms with van der Waals surface area (Å²) in [5.74, 6) is 0.555. The van der Waals surface area contributed by atoms with Gasteiger partial charge in [0.25, 0.3) is 0 Å². The van der Waals surface area contributed by atoms with Crippen molar-refractivity contribution in [3.63, 3.8) is 0 Å². The molecule has 2 heterocycles. The van der Waals surface area contributed by atoms with Gasteiger partial charge in [-0.15, -0.1) is 0 Å². The standard InChI is InChI=1S/C64H81N8O14PS2/c1-6-30-81-34-35-82-32-26-65-57(73)40-83-31-22-45-36-44(17-20-56(45)89-88-41-55(62(74)68-27-33-86-87(77,78)79)71-64(76)85-39-53-50-15-9-7-13-48(50)49-14-8-10-16-51(49)53)38-84-63(75)69-24-12-29-72(4)28-11-23-66-61-59-43(3)58-52-37-46(80-5)18-19-54(52)70-60(58)42(2)47(59)21-25-67-61/h7-10,13-21,25,36-37,53,55,70H,6,11-12,22-24,26-35,38-41H2,1-5H3,(H,65,73)(H,66,67)(H,68,74)(H,69,75)(H,71,76)(H2,77,78,79). The Morgan fingerprint density at radius 1 is 0.753 bits per heavy atom. The van der Waals surface area contributed by atoms with Crippen molar-refractivity contribution in [3.8, 4) is 16.9 Å². The molecule has 4 amide bonds. The highest BCUT2D eigenvalue weighted by molar-refractivity contribution is 8.76. The summed E-state index contributed by atoms with van der Waals surface area (Å²) in [7, 11) is 1.56. The monoisotopic (exact) mass is 1280 g/mol. The van der Waals surface area contributed by atoms with E-state index in [-0.39, 0.29) is 50.6 Å². The Morgan fingerprint density at radius 3 is 2.22 bits per heavy atom. The average Bonchev–Trinajstić information content (AvgIpc) is 1.72. The lowest BCUT2D eigenvalue weighted by Crippen LogP contribution is -2.49. The van der Waals surface area contributed by atoms with E-state index in [9.17, 15) is 23.7 Å². The van der Waals surface area contributed by atoms with Crippen LogP contribution in [-0.4, -0.2) is 167 Å². The first-order valence-electron chi connectivity index (χ1n) is 29.8. The fourth-order valence-electron chi connectivity index (χ4n) is 10.6. The summed E-state index contributed by atoms with van der Waals surface area (Å²) in [6.07, 6.45) is 3.34. The Balaban J connectivity index is 0.818. The zero-order chi connectivity index (χ0) is 63.1. The van der Waals surface area contributed by atoms with Crippen LogP contribution in [0.2, 0.25) is 0 Å². The van der Waals surface area contributed by atoms with Crippen LogP contribution in [0.4, 0.5) is 15.4 Å². The number of methoxy groups -OCH3 is 1. The van der Waals surface area contributed by atoms with Gasteiger partial charge in [-0.05, 0) is 140 Å². The van der Waals surface area contributed by atoms with E-state index in [0.29, 0.717) is 57.9 Å². The molecule has 478 valence electrons. The number of H-pyrrole nitrogens is 1. The number of nitrogens with one attached hydrogen (secondary N) is 6. The molecule has 1 aliphatic rings. The minimum absolute atomic E-state index is 0.0121. The summed E-state index contributed by atoms with van der Waals surface area (Å²) in [4.78, 5) is 82.4. The Kier molecular flexibility index (Phi) is 26.2. The zero-order valence-corrected chi connectivity index (χ0v) is 53.5. The van der Waals surface area contributed by atoms with Crippen LogP contribution in [0, 0.1) is 13.8 Å². The average molecular weight is 1280 g/mol. The molecule has 1 unspecified atom stereocenters. The van der Waals surface area contributed by atoms with E-state index in [0.717, 1.165) is 110 Å². The number of carbonyl (C=O) groups excluding carboxylic acids is 4. The Hall–Kier alpha value is -6.96. The van der Waals surface area contributed by atoms with Crippen LogP contribution in [-0.2, 0) is 55.4 Å². The molecule has 0 aliphatic heterocycles. The number of benzene rings is 5. The highest BCUT2D eigenvalue weighted by Crippen LogP contribution is 2.45. The lowest BCUT2D eigenvalue weighted by atomic mass is 9.96. The van der Waals surface area contributed by atoms with Gasteiger partial charge in [0, 0.05) is 77.2 Å². The van der Waals surface area contributed by atoms with Gasteiger partial charge < -0.3 is 74.7 Å². The van der Waals surface area contributed by atoms with Crippen LogP contribution >= 0.6 is 29.4 Å². The number of phosphoric ester groups is 1. The fraction of sp³-hybridized carbons (Fsp3) is 0.422. The Labute approximate surface area is 526 Å². The van der Waals surface area contributed by atoms with E-state index in [4.69, 9.17) is 43.2 Å². The van der Waals surface area contributed by atoms with Crippen LogP contribution in [0.25, 0.3) is 43.7 Å². The quantitative estimate of drug-likeness (QED) is 0.0102. The molecule has 0 spiro atoms. The van der Waals surface area contributed by atoms with Crippen molar-refractivity contribution < 1.29 is 66.5 Å². The zero-order valence-electron chi connectivity index (χ0n) is 51.0. The predicted octanol–water partition coefficient (Wildman–Crippen LogP) is 9.54. The maximum absolute atomic E-state index is 13.6. The lowest BCUT2D eigenvalue weighted by Gasteiger charge is -2.20. The lowest BCUT2D eigenvalue weighted by molar-refractivity contribution is -0.126. The molecule has 8 rings (SSSR count). The van der Waals surface area contributed by atoms with Gasteiger partial charge in [-0.2, -0.15) is 0 Å². The van der Waals surface area contributed by atoms with Crippen LogP contribution in [0.1, 0.15) is 65.5 Å². The first-order chi connectivity index (χ1) is 43.1. The first kappa shape index (κ1) is 68.0. The van der Waals surface area contributed by atoms with Gasteiger partial charge in [0.15, 0.2) is 0 Å². The largest absolute Gasteiger partial charge is 0.497 e. The van der Waals surface area contributed by atoms with Crippen molar-refractivity contribution in [2.75, 3.05) is 117 Å². The molecule has 25 heteroatoms. The molecule has 2 aromatic heterocycles. The molecule has 0 saturated heterocycles. The van der Waals surface area contributed by atoms with Crippen LogP contribution in [0.3, 0.4) is 0 Å². The second-order valence-corrected chi connectivity index (χ2v) is 25.0. The van der Waals surface area contributed by atoms with Gasteiger partial charge in [-0.1, -0.05) is 89.2 Å². The first-order valence-corrected chi connectivity index (χ1v) is 33.7. The number of aromatic amines is 1. The predicted molar refractivity (Wildman–Crippen MR) is 348 cm³/mol. The molecule has 0 bridgehead atoms. The summed E-state index contributed by atoms with van der Waals surface area (Å²) in [5.41, 5.74) is 10.2. The maximum Gasteiger partial charge on any atom is 0.469 e. The van der Waals surface area contributed by atoms with E-state index in [2.05, 4.69) is 80.1 Å². The third-order valence-electron chi connectivity index (χ3n) is 15.0. The smallest absolute Gasteiger partial charge is 0.469 e. The highest BCUT2D eigenvalue weighted by atomic mass is 33.1. The van der Waals surface area contributed by atoms with Gasteiger partial charge in [0.1, 0.15) is 37.4 Å². The van der Waals surface area contributed by atoms with Crippen LogP contribution in [0.15, 0.2) is 102 Å². The van der Waals surface area contributed by atoms with E-state index in [1.54, 1.807) is 7.11 Å². The second kappa shape index (κ2) is 34.3. The van der Waals surface area contributed by atoms with Gasteiger partial charge in [0.05, 0.1) is 45.7 Å². The molecule has 8 N–H and O–H groups in total. The topological polar surface area (TPSA) is 282 Å². The van der Waals surface area contributed by atoms with Gasteiger partial charge in [-0.25, -0.2) is 19.1 Å². The van der Waals surface area contributed by atoms with Crippen LogP contribution in [0.5, 0.6) is 5.75 Å². The molecule has 0 saturated carbocycles. The van der Waals surface area contributed by atoms with Crippen molar-refractivity contribution in [2.45, 2.75) is 69.9 Å². The van der Waals surface area contributed by atoms with Gasteiger partial charge in [0.2, 0.25) is 11.8 Å². The normalized spacial score (nSPS) is 12.5. The number of phosphoric acid groups is 1. The molecule has 7 aromatic rings. The third-order valence-corrected chi connectivity index (χ3v) is 18.0. The van der Waals surface area contributed by atoms with Crippen LogP contribution < -0.4 is 31.3 Å². The number of fused-ring (bicyclic) bond motifs is 7. The number of rotatable bonds is 37. The summed E-state index contributed by atoms with van der Waals surface area (Å²) in [6.45, 7) is 10.5. The fourth-order valence-corrected chi connectivity index (χ4v) is 13.4. The summed E-state index contributed by atoms with van der Waals surface area (Å²) >= 11 is 0. The van der Waals surface area contributed by atoms with Crippen molar-refractivity contribution in [1.82, 2.24) is 36.1 Å². The molecule has 1 aliphatic carbocycles. The number of hydrogen-bond acceptors (Lipinski definition) is 17. The Morgan fingerprint density at radius 2 is 1.48 bits per heavy atom. The molecule has 89 heavy (non-hydrogen) atoms. The van der Waals surface area contributed by atoms with E-state index in [1.807, 2.05) is 85.9 Å².